The third-order valence-electron chi connectivity index (χ3n) is 3.44. The van der Waals surface area contributed by atoms with Crippen molar-refractivity contribution in [3.8, 4) is 5.69 Å². The molecule has 1 aliphatic rings. The SMILES string of the molecule is Cc1cccc(-n2nc3c(c2N)CCCC3)c1. The monoisotopic (exact) mass is 227 g/mol. The second-order valence-electron chi connectivity index (χ2n) is 4.77. The maximum atomic E-state index is 6.21. The summed E-state index contributed by atoms with van der Waals surface area (Å²) in [4.78, 5) is 0. The number of nitrogens with two attached hydrogens (primary N) is 1. The number of rotatable bonds is 1. The van der Waals surface area contributed by atoms with Gasteiger partial charge in [0, 0.05) is 5.56 Å². The maximum absolute atomic E-state index is 6.21. The van der Waals surface area contributed by atoms with Crippen LogP contribution < -0.4 is 5.73 Å². The van der Waals surface area contributed by atoms with Gasteiger partial charge in [-0.2, -0.15) is 5.10 Å². The van der Waals surface area contributed by atoms with Gasteiger partial charge >= 0.3 is 0 Å². The van der Waals surface area contributed by atoms with Crippen LogP contribution in [0.5, 0.6) is 0 Å². The molecule has 2 aromatic rings. The van der Waals surface area contributed by atoms with Gasteiger partial charge in [-0.1, -0.05) is 12.1 Å². The van der Waals surface area contributed by atoms with Gasteiger partial charge in [-0.15, -0.1) is 0 Å². The quantitative estimate of drug-likeness (QED) is 0.814. The maximum Gasteiger partial charge on any atom is 0.130 e. The van der Waals surface area contributed by atoms with Crippen molar-refractivity contribution in [1.82, 2.24) is 9.78 Å². The summed E-state index contributed by atoms with van der Waals surface area (Å²) in [5.74, 6) is 0.824. The number of nitrogens with zero attached hydrogens (tertiary/aromatic N) is 2. The largest absolute Gasteiger partial charge is 0.383 e. The van der Waals surface area contributed by atoms with E-state index in [2.05, 4.69) is 30.2 Å². The summed E-state index contributed by atoms with van der Waals surface area (Å²) in [6.07, 6.45) is 4.61. The zero-order valence-corrected chi connectivity index (χ0v) is 10.1. The molecule has 0 unspecified atom stereocenters. The van der Waals surface area contributed by atoms with Gasteiger partial charge < -0.3 is 5.73 Å². The Morgan fingerprint density at radius 3 is 2.82 bits per heavy atom. The van der Waals surface area contributed by atoms with Crippen molar-refractivity contribution in [3.05, 3.63) is 41.1 Å². The lowest BCUT2D eigenvalue weighted by atomic mass is 9.98. The zero-order chi connectivity index (χ0) is 11.8. The summed E-state index contributed by atoms with van der Waals surface area (Å²) in [5, 5.41) is 4.65. The summed E-state index contributed by atoms with van der Waals surface area (Å²) >= 11 is 0. The Morgan fingerprint density at radius 1 is 1.24 bits per heavy atom. The molecule has 3 heteroatoms. The molecule has 0 saturated heterocycles. The summed E-state index contributed by atoms with van der Waals surface area (Å²) in [7, 11) is 0. The van der Waals surface area contributed by atoms with Gasteiger partial charge in [-0.25, -0.2) is 4.68 Å². The molecule has 0 spiro atoms. The fourth-order valence-corrected chi connectivity index (χ4v) is 2.53. The van der Waals surface area contributed by atoms with Crippen LogP contribution in [0.2, 0.25) is 0 Å². The Hall–Kier alpha value is -1.77. The molecule has 0 radical (unpaired) electrons. The second-order valence-corrected chi connectivity index (χ2v) is 4.77. The molecule has 0 amide bonds. The Bertz CT molecular complexity index is 555. The topological polar surface area (TPSA) is 43.8 Å². The first kappa shape index (κ1) is 10.4. The number of aryl methyl sites for hydroxylation is 2. The standard InChI is InChI=1S/C14H17N3/c1-10-5-4-6-11(9-10)17-14(15)12-7-2-3-8-13(12)16-17/h4-6,9H,2-3,7-8,15H2,1H3. The van der Waals surface area contributed by atoms with Gasteiger partial charge in [0.05, 0.1) is 11.4 Å². The fourth-order valence-electron chi connectivity index (χ4n) is 2.53. The van der Waals surface area contributed by atoms with Crippen molar-refractivity contribution >= 4 is 5.82 Å². The molecule has 1 aromatic heterocycles. The van der Waals surface area contributed by atoms with E-state index in [0.717, 1.165) is 24.3 Å². The Kier molecular flexibility index (Phi) is 2.39. The third kappa shape index (κ3) is 1.71. The number of hydrogen-bond acceptors (Lipinski definition) is 2. The number of benzene rings is 1. The molecule has 2 N–H and O–H groups in total. The highest BCUT2D eigenvalue weighted by Crippen LogP contribution is 2.27. The van der Waals surface area contributed by atoms with Gasteiger partial charge in [0.25, 0.3) is 0 Å². The van der Waals surface area contributed by atoms with Crippen molar-refractivity contribution < 1.29 is 0 Å². The first-order valence-electron chi connectivity index (χ1n) is 6.19. The summed E-state index contributed by atoms with van der Waals surface area (Å²) in [5.41, 5.74) is 11.0. The molecular weight excluding hydrogens is 210 g/mol. The predicted molar refractivity (Wildman–Crippen MR) is 69.4 cm³/mol. The third-order valence-corrected chi connectivity index (χ3v) is 3.44. The van der Waals surface area contributed by atoms with Crippen molar-refractivity contribution in [1.29, 1.82) is 0 Å². The number of anilines is 1. The predicted octanol–water partition coefficient (Wildman–Crippen LogP) is 2.64. The average Bonchev–Trinajstić information content (AvgIpc) is 2.68. The van der Waals surface area contributed by atoms with Crippen LogP contribution in [0.15, 0.2) is 24.3 Å². The van der Waals surface area contributed by atoms with Crippen molar-refractivity contribution in [2.75, 3.05) is 5.73 Å². The van der Waals surface area contributed by atoms with Gasteiger partial charge in [-0.3, -0.25) is 0 Å². The second kappa shape index (κ2) is 3.91. The van der Waals surface area contributed by atoms with E-state index in [1.807, 2.05) is 10.7 Å². The van der Waals surface area contributed by atoms with Gasteiger partial charge in [0.2, 0.25) is 0 Å². The first-order valence-corrected chi connectivity index (χ1v) is 6.19. The number of fused-ring (bicyclic) bond motifs is 1. The van der Waals surface area contributed by atoms with E-state index in [1.54, 1.807) is 0 Å². The van der Waals surface area contributed by atoms with Gasteiger partial charge in [0.15, 0.2) is 0 Å². The van der Waals surface area contributed by atoms with E-state index in [4.69, 9.17) is 5.73 Å². The summed E-state index contributed by atoms with van der Waals surface area (Å²) in [6.45, 7) is 2.09. The number of nitrogen functional groups attached to an aromatic ring is 1. The van der Waals surface area contributed by atoms with E-state index < -0.39 is 0 Å². The van der Waals surface area contributed by atoms with Gasteiger partial charge in [-0.05, 0) is 50.3 Å². The summed E-state index contributed by atoms with van der Waals surface area (Å²) < 4.78 is 1.89. The molecule has 0 aliphatic heterocycles. The van der Waals surface area contributed by atoms with Crippen LogP contribution in [0.25, 0.3) is 5.69 Å². The van der Waals surface area contributed by atoms with Crippen molar-refractivity contribution in [3.63, 3.8) is 0 Å². The van der Waals surface area contributed by atoms with Crippen LogP contribution >= 0.6 is 0 Å². The lowest BCUT2D eigenvalue weighted by molar-refractivity contribution is 0.671. The lowest BCUT2D eigenvalue weighted by Gasteiger charge is -2.08. The Morgan fingerprint density at radius 2 is 2.06 bits per heavy atom. The number of hydrogen-bond donors (Lipinski definition) is 1. The minimum absolute atomic E-state index is 0.824. The van der Waals surface area contributed by atoms with Gasteiger partial charge in [0.1, 0.15) is 5.82 Å². The van der Waals surface area contributed by atoms with Crippen LogP contribution in [-0.2, 0) is 12.8 Å². The molecule has 1 aliphatic carbocycles. The van der Waals surface area contributed by atoms with E-state index in [9.17, 15) is 0 Å². The average molecular weight is 227 g/mol. The molecular formula is C14H17N3. The molecule has 1 heterocycles. The Labute approximate surface area is 101 Å². The van der Waals surface area contributed by atoms with Crippen LogP contribution in [0.4, 0.5) is 5.82 Å². The molecule has 0 atom stereocenters. The minimum atomic E-state index is 0.824. The van der Waals surface area contributed by atoms with E-state index >= 15 is 0 Å². The molecule has 1 aromatic carbocycles. The molecule has 0 bridgehead atoms. The highest BCUT2D eigenvalue weighted by molar-refractivity contribution is 5.51. The highest BCUT2D eigenvalue weighted by atomic mass is 15.3. The molecule has 0 fully saturated rings. The molecule has 88 valence electrons. The Balaban J connectivity index is 2.12. The lowest BCUT2D eigenvalue weighted by Crippen LogP contribution is -2.03. The normalized spacial score (nSPS) is 14.6. The van der Waals surface area contributed by atoms with E-state index in [0.29, 0.717) is 0 Å². The van der Waals surface area contributed by atoms with Crippen LogP contribution in [-0.4, -0.2) is 9.78 Å². The molecule has 3 nitrogen and oxygen atoms in total. The smallest absolute Gasteiger partial charge is 0.130 e. The van der Waals surface area contributed by atoms with Crippen LogP contribution in [0.1, 0.15) is 29.7 Å². The molecule has 0 saturated carbocycles. The molecule has 17 heavy (non-hydrogen) atoms. The van der Waals surface area contributed by atoms with Crippen molar-refractivity contribution in [2.45, 2.75) is 32.6 Å². The van der Waals surface area contributed by atoms with Crippen LogP contribution in [0, 0.1) is 6.92 Å². The van der Waals surface area contributed by atoms with E-state index in [-0.39, 0.29) is 0 Å². The van der Waals surface area contributed by atoms with E-state index in [1.165, 1.54) is 29.7 Å². The summed E-state index contributed by atoms with van der Waals surface area (Å²) in [6, 6.07) is 8.31. The minimum Gasteiger partial charge on any atom is -0.383 e. The van der Waals surface area contributed by atoms with Crippen LogP contribution in [0.3, 0.4) is 0 Å². The highest BCUT2D eigenvalue weighted by Gasteiger charge is 2.19. The zero-order valence-electron chi connectivity index (χ0n) is 10.1. The fraction of sp³-hybridized carbons (Fsp3) is 0.357. The first-order chi connectivity index (χ1) is 8.25. The molecule has 3 rings (SSSR count). The van der Waals surface area contributed by atoms with Crippen molar-refractivity contribution in [2.24, 2.45) is 0 Å². The number of aromatic nitrogens is 2.